The number of nitrogens with zero attached hydrogens (tertiary/aromatic N) is 3. The third kappa shape index (κ3) is 6.26. The predicted octanol–water partition coefficient (Wildman–Crippen LogP) is 4.50. The number of piperidine rings is 1. The number of anilines is 1. The second kappa shape index (κ2) is 10.5. The first-order valence-electron chi connectivity index (χ1n) is 9.97. The molecule has 0 aliphatic carbocycles. The molecule has 1 saturated heterocycles. The molecular weight excluding hydrogens is 416 g/mol. The van der Waals surface area contributed by atoms with Gasteiger partial charge in [0.2, 0.25) is 5.95 Å². The molecule has 0 amide bonds. The highest BCUT2D eigenvalue weighted by Gasteiger charge is 2.20. The molecule has 2 aromatic rings. The molecule has 0 bridgehead atoms. The van der Waals surface area contributed by atoms with Crippen molar-refractivity contribution in [1.29, 1.82) is 0 Å². The Labute approximate surface area is 178 Å². The van der Waals surface area contributed by atoms with Crippen molar-refractivity contribution in [2.45, 2.75) is 38.5 Å². The van der Waals surface area contributed by atoms with Gasteiger partial charge in [0.15, 0.2) is 0 Å². The lowest BCUT2D eigenvalue weighted by molar-refractivity contribution is -0.136. The van der Waals surface area contributed by atoms with Crippen LogP contribution in [0.25, 0.3) is 0 Å². The third-order valence-corrected chi connectivity index (χ3v) is 5.42. The van der Waals surface area contributed by atoms with E-state index in [9.17, 15) is 13.6 Å². The summed E-state index contributed by atoms with van der Waals surface area (Å²) in [4.78, 5) is 21.3. The first-order chi connectivity index (χ1) is 14.4. The first-order valence-corrected chi connectivity index (χ1v) is 10.3. The molecule has 1 aliphatic rings. The number of aromatic nitrogens is 2. The molecule has 9 heteroatoms. The summed E-state index contributed by atoms with van der Waals surface area (Å²) < 4.78 is 33.2. The Kier molecular flexibility index (Phi) is 7.79. The molecule has 6 nitrogen and oxygen atoms in total. The minimum Gasteiger partial charge on any atom is -0.493 e. The van der Waals surface area contributed by atoms with E-state index in [1.807, 2.05) is 0 Å². The number of ether oxygens (including phenoxy) is 1. The molecule has 3 rings (SSSR count). The number of carboxylic acid groups (broad SMARTS) is 1. The van der Waals surface area contributed by atoms with Crippen LogP contribution in [-0.4, -0.2) is 40.7 Å². The topological polar surface area (TPSA) is 75.6 Å². The minimum absolute atomic E-state index is 0.0791. The fourth-order valence-electron chi connectivity index (χ4n) is 3.60. The predicted molar refractivity (Wildman–Crippen MR) is 109 cm³/mol. The highest BCUT2D eigenvalue weighted by Crippen LogP contribution is 2.25. The number of hydrogen-bond donors (Lipinski definition) is 1. The van der Waals surface area contributed by atoms with E-state index in [1.54, 1.807) is 12.4 Å². The van der Waals surface area contributed by atoms with Crippen molar-refractivity contribution < 1.29 is 23.4 Å². The number of aliphatic carboxylic acids is 1. The zero-order valence-corrected chi connectivity index (χ0v) is 17.2. The summed E-state index contributed by atoms with van der Waals surface area (Å²) in [5, 5.41) is 9.22. The van der Waals surface area contributed by atoms with E-state index >= 15 is 0 Å². The molecule has 0 spiro atoms. The summed E-state index contributed by atoms with van der Waals surface area (Å²) in [5.74, 6) is -1.67. The van der Waals surface area contributed by atoms with Crippen molar-refractivity contribution in [2.75, 3.05) is 24.6 Å². The van der Waals surface area contributed by atoms with E-state index in [1.165, 1.54) is 0 Å². The lowest BCUT2D eigenvalue weighted by Crippen LogP contribution is -2.34. The van der Waals surface area contributed by atoms with Crippen molar-refractivity contribution in [3.8, 4) is 5.75 Å². The number of rotatable bonds is 9. The number of unbranched alkanes of at least 4 members (excludes halogenated alkanes) is 1. The highest BCUT2D eigenvalue weighted by atomic mass is 35.5. The average Bonchev–Trinajstić information content (AvgIpc) is 2.71. The summed E-state index contributed by atoms with van der Waals surface area (Å²) in [6, 6.07) is 2.08. The molecule has 1 N–H and O–H groups in total. The molecule has 1 aliphatic heterocycles. The van der Waals surface area contributed by atoms with Crippen LogP contribution in [0.3, 0.4) is 0 Å². The summed E-state index contributed by atoms with van der Waals surface area (Å²) in [6.45, 7) is 2.17. The number of carboxylic acids is 1. The summed E-state index contributed by atoms with van der Waals surface area (Å²) in [6.07, 6.45) is 7.45. The maximum atomic E-state index is 13.9. The Hall–Kier alpha value is -2.48. The Morgan fingerprint density at radius 1 is 1.17 bits per heavy atom. The van der Waals surface area contributed by atoms with Crippen LogP contribution in [0.1, 0.15) is 37.7 Å². The molecule has 2 heterocycles. The molecule has 0 saturated carbocycles. The molecule has 0 atom stereocenters. The molecule has 30 heavy (non-hydrogen) atoms. The van der Waals surface area contributed by atoms with Gasteiger partial charge >= 0.3 is 5.97 Å². The van der Waals surface area contributed by atoms with Gasteiger partial charge in [-0.3, -0.25) is 4.79 Å². The maximum absolute atomic E-state index is 13.9. The first kappa shape index (κ1) is 22.2. The van der Waals surface area contributed by atoms with Crippen LogP contribution in [0, 0.1) is 17.6 Å². The third-order valence-electron chi connectivity index (χ3n) is 5.22. The number of halogens is 3. The highest BCUT2D eigenvalue weighted by molar-refractivity contribution is 6.30. The van der Waals surface area contributed by atoms with Crippen molar-refractivity contribution in [1.82, 2.24) is 9.97 Å². The molecule has 1 aromatic carbocycles. The number of carbonyl (C=O) groups is 1. The lowest BCUT2D eigenvalue weighted by Gasteiger charge is -2.32. The van der Waals surface area contributed by atoms with Crippen LogP contribution in [0.2, 0.25) is 5.02 Å². The van der Waals surface area contributed by atoms with Crippen LogP contribution in [0.4, 0.5) is 14.7 Å². The molecule has 162 valence electrons. The van der Waals surface area contributed by atoms with Gasteiger partial charge in [-0.05, 0) is 31.6 Å². The largest absolute Gasteiger partial charge is 0.493 e. The second-order valence-electron chi connectivity index (χ2n) is 7.41. The van der Waals surface area contributed by atoms with Crippen molar-refractivity contribution >= 4 is 23.5 Å². The van der Waals surface area contributed by atoms with Crippen molar-refractivity contribution in [2.24, 2.45) is 5.92 Å². The molecular formula is C21H24ClF2N3O3. The van der Waals surface area contributed by atoms with E-state index in [4.69, 9.17) is 21.4 Å². The van der Waals surface area contributed by atoms with Crippen LogP contribution < -0.4 is 9.64 Å². The number of benzene rings is 1. The molecule has 1 aromatic heterocycles. The van der Waals surface area contributed by atoms with Gasteiger partial charge < -0.3 is 14.7 Å². The maximum Gasteiger partial charge on any atom is 0.308 e. The zero-order chi connectivity index (χ0) is 21.5. The van der Waals surface area contributed by atoms with Gasteiger partial charge in [-0.1, -0.05) is 18.0 Å². The average molecular weight is 440 g/mol. The SMILES string of the molecule is O=C(O)Cc1c(F)cc(OCCCCC2CCN(c3ncc(Cl)cn3)CC2)cc1F. The fraction of sp³-hybridized carbons (Fsp3) is 0.476. The van der Waals surface area contributed by atoms with E-state index < -0.39 is 29.6 Å². The number of hydrogen-bond acceptors (Lipinski definition) is 5. The van der Waals surface area contributed by atoms with Crippen LogP contribution >= 0.6 is 11.6 Å². The van der Waals surface area contributed by atoms with Gasteiger partial charge in [0, 0.05) is 30.8 Å². The van der Waals surface area contributed by atoms with E-state index in [0.29, 0.717) is 23.5 Å². The lowest BCUT2D eigenvalue weighted by atomic mass is 9.92. The van der Waals surface area contributed by atoms with Gasteiger partial charge in [-0.2, -0.15) is 0 Å². The van der Waals surface area contributed by atoms with E-state index in [-0.39, 0.29) is 5.75 Å². The van der Waals surface area contributed by atoms with Crippen LogP contribution in [-0.2, 0) is 11.2 Å². The molecule has 0 unspecified atom stereocenters. The van der Waals surface area contributed by atoms with Gasteiger partial charge in [0.05, 0.1) is 30.4 Å². The quantitative estimate of drug-likeness (QED) is 0.580. The Bertz CT molecular complexity index is 836. The van der Waals surface area contributed by atoms with E-state index in [0.717, 1.165) is 57.3 Å². The monoisotopic (exact) mass is 439 g/mol. The van der Waals surface area contributed by atoms with Crippen molar-refractivity contribution in [3.05, 3.63) is 46.7 Å². The van der Waals surface area contributed by atoms with Crippen LogP contribution in [0.15, 0.2) is 24.5 Å². The Balaban J connectivity index is 1.35. The summed E-state index contributed by atoms with van der Waals surface area (Å²) in [7, 11) is 0. The van der Waals surface area contributed by atoms with E-state index in [2.05, 4.69) is 14.9 Å². The summed E-state index contributed by atoms with van der Waals surface area (Å²) >= 11 is 5.82. The normalized spacial score (nSPS) is 14.7. The molecule has 0 radical (unpaired) electrons. The van der Waals surface area contributed by atoms with Gasteiger partial charge in [-0.25, -0.2) is 18.7 Å². The smallest absolute Gasteiger partial charge is 0.308 e. The van der Waals surface area contributed by atoms with Crippen LogP contribution in [0.5, 0.6) is 5.75 Å². The minimum atomic E-state index is -1.28. The standard InChI is InChI=1S/C21H24ClF2N3O3/c22-15-12-25-21(26-13-15)27-6-4-14(5-7-27)3-1-2-8-30-16-9-18(23)17(11-20(28)29)19(24)10-16/h9-10,12-14H,1-8,11H2,(H,28,29). The fourth-order valence-corrected chi connectivity index (χ4v) is 3.70. The zero-order valence-electron chi connectivity index (χ0n) is 16.5. The van der Waals surface area contributed by atoms with Gasteiger partial charge in [0.1, 0.15) is 17.4 Å². The van der Waals surface area contributed by atoms with Gasteiger partial charge in [-0.15, -0.1) is 0 Å². The Morgan fingerprint density at radius 3 is 2.40 bits per heavy atom. The van der Waals surface area contributed by atoms with Crippen molar-refractivity contribution in [3.63, 3.8) is 0 Å². The second-order valence-corrected chi connectivity index (χ2v) is 7.85. The Morgan fingerprint density at radius 2 is 1.80 bits per heavy atom. The van der Waals surface area contributed by atoms with Gasteiger partial charge in [0.25, 0.3) is 0 Å². The molecule has 1 fully saturated rings. The summed E-state index contributed by atoms with van der Waals surface area (Å²) in [5.41, 5.74) is -0.454.